The molecule has 1 atom stereocenters. The fraction of sp³-hybridized carbons (Fsp3) is 0.367. The first kappa shape index (κ1) is 27.2. The molecule has 0 aliphatic carbocycles. The van der Waals surface area contributed by atoms with Crippen molar-refractivity contribution >= 4 is 23.4 Å². The number of nitrogens with zero attached hydrogens (tertiary/aromatic N) is 2. The van der Waals surface area contributed by atoms with Crippen molar-refractivity contribution < 1.29 is 23.7 Å². The van der Waals surface area contributed by atoms with Crippen LogP contribution in [0.1, 0.15) is 22.8 Å². The third kappa shape index (κ3) is 6.43. The molecule has 0 aromatic heterocycles. The Labute approximate surface area is 234 Å². The van der Waals surface area contributed by atoms with Gasteiger partial charge in [-0.25, -0.2) is 0 Å². The second-order valence-electron chi connectivity index (χ2n) is 9.65. The molecule has 0 saturated heterocycles. The van der Waals surface area contributed by atoms with Crippen LogP contribution in [0, 0.1) is 6.92 Å². The third-order valence-corrected chi connectivity index (χ3v) is 8.01. The Balaban J connectivity index is 1.14. The van der Waals surface area contributed by atoms with E-state index >= 15 is 0 Å². The Kier molecular flexibility index (Phi) is 8.81. The van der Waals surface area contributed by atoms with E-state index in [9.17, 15) is 4.79 Å². The monoisotopic (exact) mass is 549 g/mol. The van der Waals surface area contributed by atoms with Crippen LogP contribution >= 0.6 is 11.8 Å². The van der Waals surface area contributed by atoms with Crippen LogP contribution in [-0.4, -0.2) is 64.0 Å². The fourth-order valence-corrected chi connectivity index (χ4v) is 5.94. The highest BCUT2D eigenvalue weighted by Gasteiger charge is 2.35. The molecule has 0 fully saturated rings. The summed E-state index contributed by atoms with van der Waals surface area (Å²) in [6, 6.07) is 19.7. The van der Waals surface area contributed by atoms with Crippen LogP contribution in [0.15, 0.2) is 65.6 Å². The molecule has 39 heavy (non-hydrogen) atoms. The molecule has 2 N–H and O–H groups in total. The first-order valence-electron chi connectivity index (χ1n) is 13.2. The van der Waals surface area contributed by atoms with Crippen molar-refractivity contribution in [1.29, 1.82) is 0 Å². The number of hydrogen-bond acceptors (Lipinski definition) is 8. The van der Waals surface area contributed by atoms with Crippen molar-refractivity contribution in [2.75, 3.05) is 58.1 Å². The molecule has 2 aliphatic heterocycles. The average molecular weight is 550 g/mol. The highest BCUT2D eigenvalue weighted by atomic mass is 32.2. The van der Waals surface area contributed by atoms with E-state index < -0.39 is 0 Å². The van der Waals surface area contributed by atoms with E-state index in [0.717, 1.165) is 64.2 Å². The Hall–Kier alpha value is -3.40. The Morgan fingerprint density at radius 3 is 2.74 bits per heavy atom. The van der Waals surface area contributed by atoms with Crippen LogP contribution in [0.3, 0.4) is 0 Å². The van der Waals surface area contributed by atoms with Crippen LogP contribution in [-0.2, 0) is 4.79 Å². The summed E-state index contributed by atoms with van der Waals surface area (Å²) in [5.74, 6) is 3.04. The maximum atomic E-state index is 13.6. The summed E-state index contributed by atoms with van der Waals surface area (Å²) in [5.41, 5.74) is 8.78. The van der Waals surface area contributed by atoms with Gasteiger partial charge < -0.3 is 34.5 Å². The van der Waals surface area contributed by atoms with Crippen LogP contribution in [0.2, 0.25) is 0 Å². The standard InChI is InChI=1S/C30H35N3O5S/c1-21-8-10-25(23(18-21)29-30(34)33(14-12-31)24-6-3-4-7-28(24)39-29)36-16-5-13-32(2)15-17-35-22-9-11-26-27(19-22)38-20-37-26/h3-4,6-11,18-19,29H,5,12-17,20,31H2,1-2H3. The predicted octanol–water partition coefficient (Wildman–Crippen LogP) is 4.64. The molecular weight excluding hydrogens is 514 g/mol. The van der Waals surface area contributed by atoms with Gasteiger partial charge >= 0.3 is 0 Å². The van der Waals surface area contributed by atoms with Gasteiger partial charge in [0, 0.05) is 42.7 Å². The molecule has 1 amide bonds. The summed E-state index contributed by atoms with van der Waals surface area (Å²) in [4.78, 5) is 18.7. The van der Waals surface area contributed by atoms with Crippen LogP contribution in [0.4, 0.5) is 5.69 Å². The van der Waals surface area contributed by atoms with E-state index in [-0.39, 0.29) is 18.0 Å². The van der Waals surface area contributed by atoms with Gasteiger partial charge in [-0.15, -0.1) is 11.8 Å². The second-order valence-corrected chi connectivity index (χ2v) is 10.8. The zero-order chi connectivity index (χ0) is 27.2. The summed E-state index contributed by atoms with van der Waals surface area (Å²) in [5, 5.41) is -0.377. The lowest BCUT2D eigenvalue weighted by Gasteiger charge is -2.34. The average Bonchev–Trinajstić information content (AvgIpc) is 3.41. The number of anilines is 1. The van der Waals surface area contributed by atoms with Crippen molar-refractivity contribution in [2.24, 2.45) is 5.73 Å². The third-order valence-electron chi connectivity index (χ3n) is 6.72. The highest BCUT2D eigenvalue weighted by Crippen LogP contribution is 2.48. The van der Waals surface area contributed by atoms with Crippen molar-refractivity contribution in [3.63, 3.8) is 0 Å². The van der Waals surface area contributed by atoms with Gasteiger partial charge in [-0.3, -0.25) is 4.79 Å². The number of hydrogen-bond donors (Lipinski definition) is 1. The lowest BCUT2D eigenvalue weighted by molar-refractivity contribution is -0.118. The minimum absolute atomic E-state index is 0.0433. The van der Waals surface area contributed by atoms with Gasteiger partial charge in [0.1, 0.15) is 23.4 Å². The number of nitrogens with two attached hydrogens (primary N) is 1. The molecule has 1 unspecified atom stereocenters. The van der Waals surface area contributed by atoms with Gasteiger partial charge in [0.05, 0.1) is 12.3 Å². The zero-order valence-electron chi connectivity index (χ0n) is 22.4. The van der Waals surface area contributed by atoms with Crippen LogP contribution in [0.25, 0.3) is 0 Å². The molecule has 2 aliphatic rings. The number of rotatable bonds is 12. The summed E-state index contributed by atoms with van der Waals surface area (Å²) in [7, 11) is 2.07. The van der Waals surface area contributed by atoms with Gasteiger partial charge in [-0.1, -0.05) is 29.8 Å². The molecule has 0 radical (unpaired) electrons. The van der Waals surface area contributed by atoms with E-state index in [2.05, 4.69) is 24.1 Å². The van der Waals surface area contributed by atoms with E-state index in [0.29, 0.717) is 26.3 Å². The topological polar surface area (TPSA) is 86.5 Å². The maximum absolute atomic E-state index is 13.6. The number of carbonyl (C=O) groups excluding carboxylic acids is 1. The Morgan fingerprint density at radius 1 is 1.03 bits per heavy atom. The molecule has 206 valence electrons. The first-order valence-corrected chi connectivity index (χ1v) is 14.1. The van der Waals surface area contributed by atoms with Gasteiger partial charge in [0.25, 0.3) is 0 Å². The molecule has 8 nitrogen and oxygen atoms in total. The molecule has 0 spiro atoms. The number of aryl methyl sites for hydroxylation is 1. The number of ether oxygens (including phenoxy) is 4. The number of fused-ring (bicyclic) bond motifs is 2. The minimum Gasteiger partial charge on any atom is -0.493 e. The largest absolute Gasteiger partial charge is 0.493 e. The van der Waals surface area contributed by atoms with Crippen molar-refractivity contribution in [2.45, 2.75) is 23.5 Å². The van der Waals surface area contributed by atoms with Crippen molar-refractivity contribution in [3.05, 3.63) is 71.8 Å². The van der Waals surface area contributed by atoms with Gasteiger partial charge in [-0.2, -0.15) is 0 Å². The van der Waals surface area contributed by atoms with E-state index in [1.54, 1.807) is 11.8 Å². The summed E-state index contributed by atoms with van der Waals surface area (Å²) >= 11 is 1.58. The second kappa shape index (κ2) is 12.6. The molecule has 0 saturated carbocycles. The minimum atomic E-state index is -0.377. The van der Waals surface area contributed by atoms with Gasteiger partial charge in [-0.05, 0) is 50.7 Å². The first-order chi connectivity index (χ1) is 19.0. The van der Waals surface area contributed by atoms with E-state index in [1.165, 1.54) is 0 Å². The Morgan fingerprint density at radius 2 is 1.87 bits per heavy atom. The normalized spacial score (nSPS) is 15.9. The van der Waals surface area contributed by atoms with Crippen molar-refractivity contribution in [3.8, 4) is 23.0 Å². The fourth-order valence-electron chi connectivity index (χ4n) is 4.69. The molecule has 9 heteroatoms. The molecule has 5 rings (SSSR count). The lowest BCUT2D eigenvalue weighted by Crippen LogP contribution is -2.40. The molecule has 3 aromatic rings. The summed E-state index contributed by atoms with van der Waals surface area (Å²) in [6.45, 7) is 5.96. The van der Waals surface area contributed by atoms with Gasteiger partial charge in [0.15, 0.2) is 11.5 Å². The quantitative estimate of drug-likeness (QED) is 0.327. The number of para-hydroxylation sites is 1. The predicted molar refractivity (Wildman–Crippen MR) is 153 cm³/mol. The SMILES string of the molecule is Cc1ccc(OCCCN(C)CCOc2ccc3c(c2)OCO3)c(C2Sc3ccccc3N(CCN)C2=O)c1. The van der Waals surface area contributed by atoms with Crippen LogP contribution < -0.4 is 29.6 Å². The lowest BCUT2D eigenvalue weighted by atomic mass is 10.1. The molecule has 2 heterocycles. The van der Waals surface area contributed by atoms with Crippen molar-refractivity contribution in [1.82, 2.24) is 4.90 Å². The number of carbonyl (C=O) groups is 1. The van der Waals surface area contributed by atoms with Gasteiger partial charge in [0.2, 0.25) is 12.7 Å². The zero-order valence-corrected chi connectivity index (χ0v) is 23.2. The van der Waals surface area contributed by atoms with E-state index in [4.69, 9.17) is 24.7 Å². The number of likely N-dealkylation sites (N-methyl/N-ethyl adjacent to an activating group) is 1. The summed E-state index contributed by atoms with van der Waals surface area (Å²) in [6.07, 6.45) is 0.849. The number of amides is 1. The molecule has 3 aromatic carbocycles. The number of thioether (sulfide) groups is 1. The number of benzene rings is 3. The summed E-state index contributed by atoms with van der Waals surface area (Å²) < 4.78 is 22.9. The Bertz CT molecular complexity index is 1300. The smallest absolute Gasteiger partial charge is 0.245 e. The molecule has 0 bridgehead atoms. The maximum Gasteiger partial charge on any atom is 0.245 e. The highest BCUT2D eigenvalue weighted by molar-refractivity contribution is 8.00. The molecular formula is C30H35N3O5S. The van der Waals surface area contributed by atoms with Crippen LogP contribution in [0.5, 0.6) is 23.0 Å². The van der Waals surface area contributed by atoms with E-state index in [1.807, 2.05) is 60.4 Å².